The predicted octanol–water partition coefficient (Wildman–Crippen LogP) is 1.64. The average Bonchev–Trinajstić information content (AvgIpc) is 2.60. The first kappa shape index (κ1) is 12.8. The monoisotopic (exact) mass is 262 g/mol. The molecule has 1 saturated heterocycles. The van der Waals surface area contributed by atoms with Crippen LogP contribution in [-0.2, 0) is 6.54 Å². The summed E-state index contributed by atoms with van der Waals surface area (Å²) in [6.45, 7) is 8.01. The van der Waals surface area contributed by atoms with Crippen LogP contribution in [0.5, 0.6) is 11.5 Å². The van der Waals surface area contributed by atoms with E-state index in [-0.39, 0.29) is 0 Å². The zero-order valence-electron chi connectivity index (χ0n) is 11.5. The summed E-state index contributed by atoms with van der Waals surface area (Å²) in [5.74, 6) is 1.78. The van der Waals surface area contributed by atoms with Crippen LogP contribution in [0.2, 0.25) is 0 Å². The SMILES string of the molecule is CCN(Cc1ccc2c(c1)OCCCO2)C1CNC1. The van der Waals surface area contributed by atoms with E-state index in [9.17, 15) is 0 Å². The van der Waals surface area contributed by atoms with Crippen molar-refractivity contribution in [1.82, 2.24) is 10.2 Å². The maximum atomic E-state index is 5.75. The molecule has 0 bridgehead atoms. The standard InChI is InChI=1S/C15H22N2O2/c1-2-17(13-9-16-10-13)11-12-4-5-14-15(8-12)19-7-3-6-18-14/h4-5,8,13,16H,2-3,6-7,9-11H2,1H3. The van der Waals surface area contributed by atoms with Gasteiger partial charge in [-0.3, -0.25) is 4.90 Å². The number of hydrogen-bond donors (Lipinski definition) is 1. The van der Waals surface area contributed by atoms with E-state index in [0.717, 1.165) is 57.3 Å². The van der Waals surface area contributed by atoms with Crippen LogP contribution in [0.4, 0.5) is 0 Å². The van der Waals surface area contributed by atoms with Gasteiger partial charge in [0.05, 0.1) is 13.2 Å². The molecule has 0 radical (unpaired) electrons. The van der Waals surface area contributed by atoms with Crippen LogP contribution in [0.3, 0.4) is 0 Å². The van der Waals surface area contributed by atoms with E-state index in [1.807, 2.05) is 6.07 Å². The van der Waals surface area contributed by atoms with Gasteiger partial charge in [-0.1, -0.05) is 13.0 Å². The quantitative estimate of drug-likeness (QED) is 0.894. The van der Waals surface area contributed by atoms with E-state index >= 15 is 0 Å². The van der Waals surface area contributed by atoms with Crippen molar-refractivity contribution in [2.45, 2.75) is 25.9 Å². The molecule has 104 valence electrons. The van der Waals surface area contributed by atoms with Crippen molar-refractivity contribution in [1.29, 1.82) is 0 Å². The fourth-order valence-corrected chi connectivity index (χ4v) is 2.57. The normalized spacial score (nSPS) is 19.1. The molecular weight excluding hydrogens is 240 g/mol. The maximum Gasteiger partial charge on any atom is 0.161 e. The number of likely N-dealkylation sites (N-methyl/N-ethyl adjacent to an activating group) is 1. The summed E-state index contributed by atoms with van der Waals surface area (Å²) in [6, 6.07) is 7.02. The van der Waals surface area contributed by atoms with Gasteiger partial charge in [0.15, 0.2) is 11.5 Å². The van der Waals surface area contributed by atoms with Crippen LogP contribution in [0.1, 0.15) is 18.9 Å². The molecule has 19 heavy (non-hydrogen) atoms. The van der Waals surface area contributed by atoms with Crippen LogP contribution >= 0.6 is 0 Å². The van der Waals surface area contributed by atoms with Gasteiger partial charge in [0.2, 0.25) is 0 Å². The largest absolute Gasteiger partial charge is 0.490 e. The topological polar surface area (TPSA) is 33.7 Å². The van der Waals surface area contributed by atoms with E-state index in [1.54, 1.807) is 0 Å². The van der Waals surface area contributed by atoms with Gasteiger partial charge in [-0.15, -0.1) is 0 Å². The van der Waals surface area contributed by atoms with E-state index in [1.165, 1.54) is 5.56 Å². The Bertz CT molecular complexity index is 432. The summed E-state index contributed by atoms with van der Waals surface area (Å²) in [5, 5.41) is 3.33. The van der Waals surface area contributed by atoms with Crippen molar-refractivity contribution in [3.8, 4) is 11.5 Å². The third-order valence-corrected chi connectivity index (χ3v) is 3.88. The second-order valence-corrected chi connectivity index (χ2v) is 5.21. The van der Waals surface area contributed by atoms with Crippen molar-refractivity contribution < 1.29 is 9.47 Å². The van der Waals surface area contributed by atoms with Crippen molar-refractivity contribution in [3.63, 3.8) is 0 Å². The van der Waals surface area contributed by atoms with E-state index in [4.69, 9.17) is 9.47 Å². The van der Waals surface area contributed by atoms with Crippen molar-refractivity contribution in [3.05, 3.63) is 23.8 Å². The Morgan fingerprint density at radius 2 is 2.00 bits per heavy atom. The molecule has 0 aromatic heterocycles. The van der Waals surface area contributed by atoms with E-state index in [2.05, 4.69) is 29.3 Å². The Balaban J connectivity index is 1.71. The molecule has 1 N–H and O–H groups in total. The molecule has 0 saturated carbocycles. The summed E-state index contributed by atoms with van der Waals surface area (Å²) in [4.78, 5) is 2.51. The van der Waals surface area contributed by atoms with Gasteiger partial charge < -0.3 is 14.8 Å². The second-order valence-electron chi connectivity index (χ2n) is 5.21. The van der Waals surface area contributed by atoms with E-state index < -0.39 is 0 Å². The lowest BCUT2D eigenvalue weighted by atomic mass is 10.1. The van der Waals surface area contributed by atoms with Gasteiger partial charge >= 0.3 is 0 Å². The van der Waals surface area contributed by atoms with Gasteiger partial charge in [0.1, 0.15) is 0 Å². The smallest absolute Gasteiger partial charge is 0.161 e. The minimum absolute atomic E-state index is 0.681. The van der Waals surface area contributed by atoms with Gasteiger partial charge in [-0.05, 0) is 24.2 Å². The molecule has 4 nitrogen and oxygen atoms in total. The lowest BCUT2D eigenvalue weighted by Crippen LogP contribution is -2.56. The molecule has 1 aromatic rings. The highest BCUT2D eigenvalue weighted by molar-refractivity contribution is 5.43. The highest BCUT2D eigenvalue weighted by Crippen LogP contribution is 2.31. The first-order valence-electron chi connectivity index (χ1n) is 7.20. The Labute approximate surface area is 114 Å². The minimum Gasteiger partial charge on any atom is -0.490 e. The molecule has 1 aromatic carbocycles. The van der Waals surface area contributed by atoms with Gasteiger partial charge in [0.25, 0.3) is 0 Å². The average molecular weight is 262 g/mol. The first-order valence-corrected chi connectivity index (χ1v) is 7.20. The summed E-state index contributed by atoms with van der Waals surface area (Å²) in [6.07, 6.45) is 0.957. The highest BCUT2D eigenvalue weighted by Gasteiger charge is 2.23. The number of rotatable bonds is 4. The lowest BCUT2D eigenvalue weighted by molar-refractivity contribution is 0.145. The van der Waals surface area contributed by atoms with Crippen LogP contribution in [0, 0.1) is 0 Å². The molecule has 0 amide bonds. The van der Waals surface area contributed by atoms with E-state index in [0.29, 0.717) is 6.04 Å². The summed E-state index contributed by atoms with van der Waals surface area (Å²) >= 11 is 0. The molecule has 4 heteroatoms. The number of fused-ring (bicyclic) bond motifs is 1. The molecule has 2 aliphatic rings. The fourth-order valence-electron chi connectivity index (χ4n) is 2.57. The maximum absolute atomic E-state index is 5.75. The third kappa shape index (κ3) is 2.85. The van der Waals surface area contributed by atoms with Crippen LogP contribution in [0.25, 0.3) is 0 Å². The van der Waals surface area contributed by atoms with Crippen molar-refractivity contribution >= 4 is 0 Å². The minimum atomic E-state index is 0.681. The summed E-state index contributed by atoms with van der Waals surface area (Å²) < 4.78 is 11.4. The molecule has 2 aliphatic heterocycles. The second kappa shape index (κ2) is 5.80. The summed E-state index contributed by atoms with van der Waals surface area (Å²) in [7, 11) is 0. The molecule has 0 atom stereocenters. The van der Waals surface area contributed by atoms with Crippen LogP contribution < -0.4 is 14.8 Å². The van der Waals surface area contributed by atoms with Crippen LogP contribution in [-0.4, -0.2) is 43.8 Å². The lowest BCUT2D eigenvalue weighted by Gasteiger charge is -2.37. The van der Waals surface area contributed by atoms with Crippen molar-refractivity contribution in [2.75, 3.05) is 32.8 Å². The Morgan fingerprint density at radius 3 is 2.68 bits per heavy atom. The van der Waals surface area contributed by atoms with Gasteiger partial charge in [-0.25, -0.2) is 0 Å². The van der Waals surface area contributed by atoms with Gasteiger partial charge in [-0.2, -0.15) is 0 Å². The zero-order chi connectivity index (χ0) is 13.1. The number of nitrogens with one attached hydrogen (secondary N) is 1. The highest BCUT2D eigenvalue weighted by atomic mass is 16.5. The van der Waals surface area contributed by atoms with Gasteiger partial charge in [0, 0.05) is 32.1 Å². The molecule has 0 spiro atoms. The number of hydrogen-bond acceptors (Lipinski definition) is 4. The predicted molar refractivity (Wildman–Crippen MR) is 74.8 cm³/mol. The first-order chi connectivity index (χ1) is 9.36. The molecular formula is C15H22N2O2. The number of nitrogens with zero attached hydrogens (tertiary/aromatic N) is 1. The molecule has 0 aliphatic carbocycles. The molecule has 1 fully saturated rings. The van der Waals surface area contributed by atoms with Crippen LogP contribution in [0.15, 0.2) is 18.2 Å². The molecule has 0 unspecified atom stereocenters. The summed E-state index contributed by atoms with van der Waals surface area (Å²) in [5.41, 5.74) is 1.30. The molecule has 3 rings (SSSR count). The zero-order valence-corrected chi connectivity index (χ0v) is 11.5. The Hall–Kier alpha value is -1.26. The molecule has 2 heterocycles. The Morgan fingerprint density at radius 1 is 1.21 bits per heavy atom. The number of benzene rings is 1. The Kier molecular flexibility index (Phi) is 3.89. The van der Waals surface area contributed by atoms with Crippen molar-refractivity contribution in [2.24, 2.45) is 0 Å². The third-order valence-electron chi connectivity index (χ3n) is 3.88. The fraction of sp³-hybridized carbons (Fsp3) is 0.600. The number of ether oxygens (including phenoxy) is 2.